The summed E-state index contributed by atoms with van der Waals surface area (Å²) in [5, 5.41) is 4.21. The zero-order chi connectivity index (χ0) is 26.9. The van der Waals surface area contributed by atoms with Crippen molar-refractivity contribution in [1.29, 1.82) is 0 Å². The first kappa shape index (κ1) is 27.0. The van der Waals surface area contributed by atoms with Crippen LogP contribution in [0, 0.1) is 40.9 Å². The number of hydrogen-bond donors (Lipinski definition) is 2. The summed E-state index contributed by atoms with van der Waals surface area (Å²) in [7, 11) is -1.15. The van der Waals surface area contributed by atoms with Crippen LogP contribution in [-0.2, 0) is 10.0 Å². The van der Waals surface area contributed by atoms with Crippen molar-refractivity contribution in [3.8, 4) is 0 Å². The number of fused-ring (bicyclic) bond motifs is 1. The van der Waals surface area contributed by atoms with Crippen molar-refractivity contribution in [3.05, 3.63) is 53.4 Å². The van der Waals surface area contributed by atoms with Crippen LogP contribution in [0.15, 0.2) is 29.2 Å². The monoisotopic (exact) mass is 543 g/mol. The molecule has 2 N–H and O–H groups in total. The fraction of sp³-hybridized carbons (Fsp3) is 0.417. The molecule has 0 unspecified atom stereocenters. The molecule has 2 aromatic carbocycles. The molecule has 0 radical (unpaired) electrons. The molecule has 0 atom stereocenters. The van der Waals surface area contributed by atoms with Crippen LogP contribution in [0.5, 0.6) is 0 Å². The quantitative estimate of drug-likeness (QED) is 0.246. The summed E-state index contributed by atoms with van der Waals surface area (Å²) in [5.74, 6) is -10.4. The number of anilines is 2. The van der Waals surface area contributed by atoms with Gasteiger partial charge in [-0.1, -0.05) is 12.1 Å². The fourth-order valence-electron chi connectivity index (χ4n) is 4.48. The Morgan fingerprint density at radius 3 is 1.97 bits per heavy atom. The molecule has 0 aliphatic heterocycles. The highest BCUT2D eigenvalue weighted by molar-refractivity contribution is 7.89. The Hall–Kier alpha value is -3.06. The number of sulfonamides is 1. The number of benzene rings is 2. The molecule has 1 fully saturated rings. The minimum atomic E-state index is -4.95. The van der Waals surface area contributed by atoms with Crippen LogP contribution in [0.2, 0.25) is 0 Å². The maximum Gasteiger partial charge on any atom is 0.246 e. The zero-order valence-corrected chi connectivity index (χ0v) is 21.0. The average Bonchev–Trinajstić information content (AvgIpc) is 2.88. The van der Waals surface area contributed by atoms with Crippen LogP contribution in [-0.4, -0.2) is 45.6 Å². The Labute approximate surface area is 211 Å². The van der Waals surface area contributed by atoms with Crippen LogP contribution in [0.1, 0.15) is 25.7 Å². The van der Waals surface area contributed by atoms with E-state index < -0.39 is 44.0 Å². The van der Waals surface area contributed by atoms with Crippen LogP contribution in [0.3, 0.4) is 0 Å². The number of nitrogens with one attached hydrogen (secondary N) is 2. The van der Waals surface area contributed by atoms with E-state index in [-0.39, 0.29) is 18.4 Å². The molecule has 0 spiro atoms. The predicted molar refractivity (Wildman–Crippen MR) is 129 cm³/mol. The molecule has 37 heavy (non-hydrogen) atoms. The third-order valence-corrected chi connectivity index (χ3v) is 7.96. The second-order valence-electron chi connectivity index (χ2n) is 9.30. The van der Waals surface area contributed by atoms with Gasteiger partial charge in [0.05, 0.1) is 5.52 Å². The maximum absolute atomic E-state index is 13.9. The van der Waals surface area contributed by atoms with Crippen molar-refractivity contribution >= 4 is 32.7 Å². The molecule has 1 aromatic heterocycles. The van der Waals surface area contributed by atoms with E-state index in [0.29, 0.717) is 25.3 Å². The highest BCUT2D eigenvalue weighted by Gasteiger charge is 2.34. The van der Waals surface area contributed by atoms with Crippen molar-refractivity contribution in [2.45, 2.75) is 30.6 Å². The van der Waals surface area contributed by atoms with Gasteiger partial charge in [0.25, 0.3) is 0 Å². The topological polar surface area (TPSA) is 87.2 Å². The minimum absolute atomic E-state index is 0.149. The van der Waals surface area contributed by atoms with E-state index in [1.807, 2.05) is 48.0 Å². The number of hydrogen-bond acceptors (Lipinski definition) is 6. The number of para-hydroxylation sites is 1. The highest BCUT2D eigenvalue weighted by Crippen LogP contribution is 2.31. The van der Waals surface area contributed by atoms with Gasteiger partial charge in [-0.25, -0.2) is 40.1 Å². The lowest BCUT2D eigenvalue weighted by Crippen LogP contribution is -2.33. The summed E-state index contributed by atoms with van der Waals surface area (Å²) in [6.07, 6.45) is 2.73. The standard InChI is InChI=1S/C24H26F5N5O2S/c1-34(2)23-15-5-3-4-6-16(15)32-24(33-23)30-11-13-7-9-14(10-8-13)12-31-37(35,36)22-20(28)18(26)17(25)19(27)21(22)29/h3-6,13-14,31H,7-12H2,1-2H3,(H,30,32,33). The second-order valence-corrected chi connectivity index (χ2v) is 11.0. The van der Waals surface area contributed by atoms with Gasteiger partial charge in [0.1, 0.15) is 5.82 Å². The normalized spacial score (nSPS) is 18.2. The molecule has 1 aliphatic carbocycles. The summed E-state index contributed by atoms with van der Waals surface area (Å²) in [4.78, 5) is 9.22. The largest absolute Gasteiger partial charge is 0.362 e. The third-order valence-electron chi connectivity index (χ3n) is 6.52. The summed E-state index contributed by atoms with van der Waals surface area (Å²) < 4.78 is 94.7. The molecule has 0 bridgehead atoms. The van der Waals surface area contributed by atoms with Gasteiger partial charge in [0, 0.05) is 32.6 Å². The Kier molecular flexibility index (Phi) is 7.83. The van der Waals surface area contributed by atoms with Crippen molar-refractivity contribution in [3.63, 3.8) is 0 Å². The van der Waals surface area contributed by atoms with Gasteiger partial charge in [-0.05, 0) is 49.7 Å². The van der Waals surface area contributed by atoms with Crippen molar-refractivity contribution in [2.75, 3.05) is 37.4 Å². The van der Waals surface area contributed by atoms with Gasteiger partial charge in [-0.3, -0.25) is 0 Å². The SMILES string of the molecule is CN(C)c1nc(NCC2CCC(CNS(=O)(=O)c3c(F)c(F)c(F)c(F)c3F)CC2)nc2ccccc12. The van der Waals surface area contributed by atoms with Crippen LogP contribution in [0.4, 0.5) is 33.7 Å². The van der Waals surface area contributed by atoms with E-state index in [2.05, 4.69) is 15.3 Å². The number of aromatic nitrogens is 2. The van der Waals surface area contributed by atoms with Gasteiger partial charge < -0.3 is 10.2 Å². The van der Waals surface area contributed by atoms with E-state index >= 15 is 0 Å². The van der Waals surface area contributed by atoms with E-state index in [1.54, 1.807) is 0 Å². The lowest BCUT2D eigenvalue weighted by molar-refractivity contribution is 0.284. The molecule has 3 aromatic rings. The molecule has 200 valence electrons. The fourth-order valence-corrected chi connectivity index (χ4v) is 5.73. The Balaban J connectivity index is 1.33. The first-order chi connectivity index (χ1) is 17.5. The Morgan fingerprint density at radius 2 is 1.38 bits per heavy atom. The van der Waals surface area contributed by atoms with E-state index in [9.17, 15) is 30.4 Å². The van der Waals surface area contributed by atoms with Crippen molar-refractivity contribution < 1.29 is 30.4 Å². The lowest BCUT2D eigenvalue weighted by Gasteiger charge is -2.29. The molecular formula is C24H26F5N5O2S. The summed E-state index contributed by atoms with van der Waals surface area (Å²) in [6, 6.07) is 7.69. The molecule has 0 saturated heterocycles. The molecule has 1 heterocycles. The van der Waals surface area contributed by atoms with Crippen LogP contribution >= 0.6 is 0 Å². The molecule has 13 heteroatoms. The number of nitrogens with zero attached hydrogens (tertiary/aromatic N) is 3. The minimum Gasteiger partial charge on any atom is -0.362 e. The lowest BCUT2D eigenvalue weighted by atomic mass is 9.82. The predicted octanol–water partition coefficient (Wildman–Crippen LogP) is 4.59. The van der Waals surface area contributed by atoms with Crippen LogP contribution < -0.4 is 14.9 Å². The van der Waals surface area contributed by atoms with Crippen LogP contribution in [0.25, 0.3) is 10.9 Å². The second kappa shape index (κ2) is 10.7. The van der Waals surface area contributed by atoms with Gasteiger partial charge in [-0.15, -0.1) is 0 Å². The first-order valence-electron chi connectivity index (χ1n) is 11.7. The first-order valence-corrected chi connectivity index (χ1v) is 13.2. The summed E-state index contributed by atoms with van der Waals surface area (Å²) >= 11 is 0. The number of rotatable bonds is 8. The van der Waals surface area contributed by atoms with E-state index in [4.69, 9.17) is 0 Å². The maximum atomic E-state index is 13.9. The molecule has 4 rings (SSSR count). The van der Waals surface area contributed by atoms with Gasteiger partial charge in [0.15, 0.2) is 28.2 Å². The third kappa shape index (κ3) is 5.61. The molecule has 0 amide bonds. The van der Waals surface area contributed by atoms with Crippen molar-refractivity contribution in [2.24, 2.45) is 11.8 Å². The highest BCUT2D eigenvalue weighted by atomic mass is 32.2. The molecular weight excluding hydrogens is 517 g/mol. The molecule has 1 aliphatic rings. The Morgan fingerprint density at radius 1 is 0.838 bits per heavy atom. The smallest absolute Gasteiger partial charge is 0.246 e. The van der Waals surface area contributed by atoms with Gasteiger partial charge >= 0.3 is 0 Å². The Bertz CT molecular complexity index is 1380. The molecule has 1 saturated carbocycles. The molecule has 7 nitrogen and oxygen atoms in total. The van der Waals surface area contributed by atoms with Gasteiger partial charge in [-0.2, -0.15) is 4.98 Å². The number of halogens is 5. The zero-order valence-electron chi connectivity index (χ0n) is 20.2. The summed E-state index contributed by atoms with van der Waals surface area (Å²) in [6.45, 7) is 0.427. The van der Waals surface area contributed by atoms with Crippen molar-refractivity contribution in [1.82, 2.24) is 14.7 Å². The van der Waals surface area contributed by atoms with E-state index in [1.165, 1.54) is 0 Å². The summed E-state index contributed by atoms with van der Waals surface area (Å²) in [5.41, 5.74) is 0.813. The van der Waals surface area contributed by atoms with Gasteiger partial charge in [0.2, 0.25) is 21.8 Å². The average molecular weight is 544 g/mol. The van der Waals surface area contributed by atoms with E-state index in [0.717, 1.165) is 29.6 Å².